The van der Waals surface area contributed by atoms with Crippen LogP contribution in [-0.2, 0) is 50.4 Å². The molecule has 64 heavy (non-hydrogen) atoms. The minimum atomic E-state index is -4.07. The van der Waals surface area contributed by atoms with Gasteiger partial charge in [-0.25, -0.2) is 31.6 Å². The molecule has 0 radical (unpaired) electrons. The molecule has 20 nitrogen and oxygen atoms in total. The maximum Gasteiger partial charge on any atom is 0.328 e. The van der Waals surface area contributed by atoms with Crippen LogP contribution in [0, 0.1) is 29.1 Å². The highest BCUT2D eigenvalue weighted by Crippen LogP contribution is 2.33. The third-order valence-corrected chi connectivity index (χ3v) is 12.9. The first-order chi connectivity index (χ1) is 29.6. The predicted molar refractivity (Wildman–Crippen MR) is 241 cm³/mol. The summed E-state index contributed by atoms with van der Waals surface area (Å²) in [5.41, 5.74) is 12.4. The SMILES string of the molecule is COCCCOc1cc(C[C@@H](C[C@H](N)[C@@H](O)C[C@@H](C(=O)NCC(C)(C)C(N)=O)C(C)C)C(C)C)ccc1OC.NS(=O)(=O)c1cc2c(cc1Cl)NCNS2(=O)=O.O=C(O)/C=C/C(=O)O. The number of nitrogens with two attached hydrogens (primary N) is 3. The number of sulfonamides is 2. The van der Waals surface area contributed by atoms with Crippen molar-refractivity contribution < 1.29 is 65.5 Å². The standard InChI is InChI=1S/C30H53N3O6.C7H8ClN3O4S2.C4H4O4/c1-19(2)22(14-21-10-11-26(38-8)27(15-21)39-13-9-12-37-7)16-24(31)25(34)17-23(20(3)4)28(35)33-18-30(5,6)29(32)36;8-4-1-5-7(2-6(4)16(9,12)13)17(14,15)11-3-10-5;5-3(6)1-2-4(7)8/h10-11,15,19-20,22-25,34H,9,12-14,16-18,31H2,1-8H3,(H2,32,36)(H,33,35);1-2,10-11H,3H2,(H2,9,12,13);1-2H,(H,5,6)(H,7,8)/b;;2-1+/t22-,23+,24-,25-;;/m0../s1. The average Bonchev–Trinajstić information content (AvgIpc) is 3.19. The molecule has 1 aliphatic rings. The smallest absolute Gasteiger partial charge is 0.328 e. The number of carbonyl (C=O) groups is 4. The van der Waals surface area contributed by atoms with Crippen LogP contribution in [0.15, 0.2) is 52.3 Å². The Bertz CT molecular complexity index is 2120. The van der Waals surface area contributed by atoms with Gasteiger partial charge in [0.1, 0.15) is 9.79 Å². The van der Waals surface area contributed by atoms with Crippen molar-refractivity contribution in [2.45, 2.75) is 89.2 Å². The van der Waals surface area contributed by atoms with Gasteiger partial charge >= 0.3 is 11.9 Å². The normalized spacial score (nSPS) is 15.2. The van der Waals surface area contributed by atoms with E-state index >= 15 is 0 Å². The van der Waals surface area contributed by atoms with E-state index in [0.29, 0.717) is 49.2 Å². The lowest BCUT2D eigenvalue weighted by Crippen LogP contribution is -2.46. The lowest BCUT2D eigenvalue weighted by Gasteiger charge is -2.30. The second-order valence-corrected chi connectivity index (χ2v) is 19.9. The second kappa shape index (κ2) is 26.4. The van der Waals surface area contributed by atoms with Crippen LogP contribution >= 0.6 is 11.6 Å². The molecule has 0 spiro atoms. The number of halogens is 1. The Morgan fingerprint density at radius 3 is 2.08 bits per heavy atom. The first kappa shape index (κ1) is 57.5. The molecule has 12 N–H and O–H groups in total. The van der Waals surface area contributed by atoms with Gasteiger partial charge in [-0.2, -0.15) is 4.72 Å². The molecule has 0 fully saturated rings. The lowest BCUT2D eigenvalue weighted by molar-refractivity contribution is -0.134. The Kier molecular flexibility index (Phi) is 23.7. The van der Waals surface area contributed by atoms with Crippen molar-refractivity contribution in [1.82, 2.24) is 10.0 Å². The molecule has 0 bridgehead atoms. The minimum absolute atomic E-state index is 0.00829. The Hall–Kier alpha value is -4.55. The highest BCUT2D eigenvalue weighted by Gasteiger charge is 2.32. The van der Waals surface area contributed by atoms with Gasteiger partial charge in [-0.15, -0.1) is 0 Å². The van der Waals surface area contributed by atoms with Crippen LogP contribution in [0.2, 0.25) is 5.02 Å². The van der Waals surface area contributed by atoms with E-state index in [-0.39, 0.29) is 53.0 Å². The molecule has 2 aromatic rings. The van der Waals surface area contributed by atoms with Gasteiger partial charge in [0.2, 0.25) is 31.9 Å². The Balaban J connectivity index is 0.000000662. The van der Waals surface area contributed by atoms with E-state index in [0.717, 1.165) is 24.5 Å². The number of aliphatic hydroxyl groups excluding tert-OH is 1. The van der Waals surface area contributed by atoms with Gasteiger partial charge in [-0.05, 0) is 80.7 Å². The van der Waals surface area contributed by atoms with Gasteiger partial charge in [0.25, 0.3) is 0 Å². The number of methoxy groups -OCH3 is 2. The van der Waals surface area contributed by atoms with E-state index in [9.17, 15) is 41.1 Å². The Labute approximate surface area is 380 Å². The number of amides is 2. The number of primary sulfonamides is 1. The third-order valence-electron chi connectivity index (χ3n) is 10.0. The number of aliphatic carboxylic acids is 2. The molecule has 2 amide bonds. The summed E-state index contributed by atoms with van der Waals surface area (Å²) >= 11 is 5.72. The number of fused-ring (bicyclic) bond motifs is 1. The fourth-order valence-electron chi connectivity index (χ4n) is 5.95. The molecular weight excluding hydrogens is 900 g/mol. The first-order valence-electron chi connectivity index (χ1n) is 20.1. The molecule has 0 aromatic heterocycles. The predicted octanol–water partition coefficient (Wildman–Crippen LogP) is 2.65. The average molecular weight is 966 g/mol. The molecule has 2 aromatic carbocycles. The summed E-state index contributed by atoms with van der Waals surface area (Å²) in [7, 11) is -4.51. The van der Waals surface area contributed by atoms with Crippen LogP contribution in [0.5, 0.6) is 11.5 Å². The van der Waals surface area contributed by atoms with Gasteiger partial charge in [0.05, 0.1) is 42.6 Å². The van der Waals surface area contributed by atoms with Crippen LogP contribution in [0.1, 0.15) is 66.4 Å². The van der Waals surface area contributed by atoms with Crippen LogP contribution in [0.25, 0.3) is 0 Å². The van der Waals surface area contributed by atoms with Crippen LogP contribution in [0.3, 0.4) is 0 Å². The number of carbonyl (C=O) groups excluding carboxylic acids is 2. The molecule has 23 heteroatoms. The van der Waals surface area contributed by atoms with E-state index in [1.807, 2.05) is 32.0 Å². The maximum absolute atomic E-state index is 12.9. The highest BCUT2D eigenvalue weighted by molar-refractivity contribution is 7.90. The van der Waals surface area contributed by atoms with Gasteiger partial charge < -0.3 is 51.6 Å². The van der Waals surface area contributed by atoms with Crippen molar-refractivity contribution >= 4 is 61.1 Å². The molecule has 0 saturated heterocycles. The maximum atomic E-state index is 12.9. The second-order valence-electron chi connectivity index (χ2n) is 16.2. The zero-order chi connectivity index (χ0) is 49.2. The topological polar surface area (TPSA) is 339 Å². The summed E-state index contributed by atoms with van der Waals surface area (Å²) in [6.07, 6.45) is 2.68. The van der Waals surface area contributed by atoms with Crippen molar-refractivity contribution in [3.63, 3.8) is 0 Å². The zero-order valence-electron chi connectivity index (χ0n) is 37.4. The first-order valence-corrected chi connectivity index (χ1v) is 23.5. The Morgan fingerprint density at radius 1 is 0.969 bits per heavy atom. The number of primary amides is 1. The Morgan fingerprint density at radius 2 is 1.58 bits per heavy atom. The van der Waals surface area contributed by atoms with Crippen molar-refractivity contribution in [2.75, 3.05) is 46.0 Å². The zero-order valence-corrected chi connectivity index (χ0v) is 39.8. The molecule has 362 valence electrons. The number of rotatable bonds is 22. The quantitative estimate of drug-likeness (QED) is 0.0605. The van der Waals surface area contributed by atoms with E-state index in [1.165, 1.54) is 6.07 Å². The number of hydrogen-bond donors (Lipinski definition) is 9. The van der Waals surface area contributed by atoms with Gasteiger partial charge in [0.15, 0.2) is 11.5 Å². The molecular formula is C41H65ClN6O14S2. The summed E-state index contributed by atoms with van der Waals surface area (Å²) in [5, 5.41) is 37.0. The van der Waals surface area contributed by atoms with Crippen LogP contribution in [0.4, 0.5) is 5.69 Å². The van der Waals surface area contributed by atoms with Crippen LogP contribution < -0.4 is 41.4 Å². The summed E-state index contributed by atoms with van der Waals surface area (Å²) in [6, 6.07) is 7.62. The fourth-order valence-corrected chi connectivity index (χ4v) is 8.24. The van der Waals surface area contributed by atoms with Gasteiger partial charge in [0, 0.05) is 50.8 Å². The van der Waals surface area contributed by atoms with Crippen molar-refractivity contribution in [2.24, 2.45) is 45.7 Å². The number of benzene rings is 2. The molecule has 0 aliphatic carbocycles. The minimum Gasteiger partial charge on any atom is -0.493 e. The lowest BCUT2D eigenvalue weighted by atomic mass is 9.80. The van der Waals surface area contributed by atoms with Crippen molar-refractivity contribution in [3.8, 4) is 11.5 Å². The van der Waals surface area contributed by atoms with E-state index in [2.05, 4.69) is 29.2 Å². The molecule has 4 atom stereocenters. The number of hydrogen-bond acceptors (Lipinski definition) is 14. The fraction of sp³-hybridized carbons (Fsp3) is 0.561. The summed E-state index contributed by atoms with van der Waals surface area (Å²) in [5.74, 6) is -1.72. The van der Waals surface area contributed by atoms with Crippen molar-refractivity contribution in [1.29, 1.82) is 0 Å². The molecule has 0 unspecified atom stereocenters. The third kappa shape index (κ3) is 19.7. The van der Waals surface area contributed by atoms with Gasteiger partial charge in [-0.3, -0.25) is 9.59 Å². The van der Waals surface area contributed by atoms with E-state index < -0.39 is 66.3 Å². The summed E-state index contributed by atoms with van der Waals surface area (Å²) in [6.45, 7) is 12.9. The number of ether oxygens (including phenoxy) is 3. The van der Waals surface area contributed by atoms with E-state index in [4.69, 9.17) is 52.6 Å². The molecule has 1 aliphatic heterocycles. The molecule has 0 saturated carbocycles. The molecule has 3 rings (SSSR count). The molecule has 1 heterocycles. The summed E-state index contributed by atoms with van der Waals surface area (Å²) in [4.78, 5) is 43.0. The number of aliphatic hydroxyl groups is 1. The number of carboxylic acid groups (broad SMARTS) is 2. The number of anilines is 1. The van der Waals surface area contributed by atoms with E-state index in [1.54, 1.807) is 28.1 Å². The largest absolute Gasteiger partial charge is 0.493 e. The van der Waals surface area contributed by atoms with Crippen molar-refractivity contribution in [3.05, 3.63) is 53.1 Å². The monoisotopic (exact) mass is 964 g/mol. The van der Waals surface area contributed by atoms with Gasteiger partial charge in [-0.1, -0.05) is 45.4 Å². The highest BCUT2D eigenvalue weighted by atomic mass is 35.5. The summed E-state index contributed by atoms with van der Waals surface area (Å²) < 4.78 is 64.4. The number of nitrogens with one attached hydrogen (secondary N) is 3. The van der Waals surface area contributed by atoms with Crippen LogP contribution in [-0.4, -0.2) is 109 Å². The number of carboxylic acids is 2.